The number of aliphatic hydroxyl groups is 1. The minimum absolute atomic E-state index is 0.282. The Morgan fingerprint density at radius 3 is 2.35 bits per heavy atom. The number of halogens is 4. The van der Waals surface area contributed by atoms with Crippen LogP contribution >= 0.6 is 11.6 Å². The van der Waals surface area contributed by atoms with Crippen LogP contribution in [0.15, 0.2) is 29.4 Å². The third-order valence-electron chi connectivity index (χ3n) is 2.45. The van der Waals surface area contributed by atoms with E-state index in [4.69, 9.17) is 11.6 Å². The minimum atomic E-state index is -4.54. The predicted octanol–water partition coefficient (Wildman–Crippen LogP) is 2.40. The van der Waals surface area contributed by atoms with E-state index in [9.17, 15) is 18.3 Å². The van der Waals surface area contributed by atoms with Gasteiger partial charge in [0.1, 0.15) is 5.71 Å². The summed E-state index contributed by atoms with van der Waals surface area (Å²) in [6, 6.07) is 5.87. The molecule has 17 heavy (non-hydrogen) atoms. The van der Waals surface area contributed by atoms with Gasteiger partial charge in [0.15, 0.2) is 5.72 Å². The smallest absolute Gasteiger partial charge is 0.365 e. The lowest BCUT2D eigenvalue weighted by molar-refractivity contribution is -0.0630. The van der Waals surface area contributed by atoms with E-state index in [2.05, 4.69) is 10.5 Å². The maximum Gasteiger partial charge on any atom is 0.431 e. The topological polar surface area (TPSA) is 44.6 Å². The lowest BCUT2D eigenvalue weighted by atomic mass is 9.98. The van der Waals surface area contributed by atoms with E-state index in [0.717, 1.165) is 0 Å². The molecule has 2 rings (SSSR count). The fraction of sp³-hybridized carbons (Fsp3) is 0.300. The molecule has 1 unspecified atom stereocenters. The molecule has 0 fully saturated rings. The van der Waals surface area contributed by atoms with Crippen molar-refractivity contribution in [1.29, 1.82) is 0 Å². The summed E-state index contributed by atoms with van der Waals surface area (Å²) in [5.74, 6) is 0. The summed E-state index contributed by atoms with van der Waals surface area (Å²) < 4.78 is 37.1. The molecule has 1 aromatic rings. The molecule has 0 saturated carbocycles. The molecule has 0 saturated heterocycles. The SMILES string of the molecule is OC1(c2ccc(Cl)cc2)CC(C(F)(F)F)=NN1. The van der Waals surface area contributed by atoms with Gasteiger partial charge in [0.2, 0.25) is 0 Å². The highest BCUT2D eigenvalue weighted by molar-refractivity contribution is 6.30. The number of rotatable bonds is 1. The molecule has 0 aliphatic carbocycles. The molecule has 3 nitrogen and oxygen atoms in total. The van der Waals surface area contributed by atoms with Crippen molar-refractivity contribution >= 4 is 17.3 Å². The van der Waals surface area contributed by atoms with Gasteiger partial charge in [0, 0.05) is 10.6 Å². The van der Waals surface area contributed by atoms with E-state index in [1.165, 1.54) is 24.3 Å². The monoisotopic (exact) mass is 264 g/mol. The first-order valence-corrected chi connectivity index (χ1v) is 5.08. The Balaban J connectivity index is 2.22. The fourth-order valence-corrected chi connectivity index (χ4v) is 1.66. The summed E-state index contributed by atoms with van der Waals surface area (Å²) in [4.78, 5) is 0. The number of alkyl halides is 3. The van der Waals surface area contributed by atoms with Crippen molar-refractivity contribution in [2.45, 2.75) is 18.3 Å². The first-order chi connectivity index (χ1) is 7.81. The maximum absolute atomic E-state index is 12.4. The molecule has 1 heterocycles. The van der Waals surface area contributed by atoms with Crippen molar-refractivity contribution in [1.82, 2.24) is 5.43 Å². The van der Waals surface area contributed by atoms with Gasteiger partial charge in [-0.1, -0.05) is 23.7 Å². The Kier molecular flexibility index (Phi) is 2.79. The van der Waals surface area contributed by atoms with Crippen LogP contribution in [0.25, 0.3) is 0 Å². The molecule has 1 aromatic carbocycles. The van der Waals surface area contributed by atoms with Crippen LogP contribution in [-0.2, 0) is 5.72 Å². The quantitative estimate of drug-likeness (QED) is 0.818. The highest BCUT2D eigenvalue weighted by Gasteiger charge is 2.46. The zero-order valence-corrected chi connectivity index (χ0v) is 9.18. The maximum atomic E-state index is 12.4. The van der Waals surface area contributed by atoms with Crippen LogP contribution < -0.4 is 5.43 Å². The average molecular weight is 265 g/mol. The second kappa shape index (κ2) is 3.89. The lowest BCUT2D eigenvalue weighted by Gasteiger charge is -2.22. The largest absolute Gasteiger partial charge is 0.431 e. The molecule has 1 atom stereocenters. The lowest BCUT2D eigenvalue weighted by Crippen LogP contribution is -2.36. The van der Waals surface area contributed by atoms with Crippen LogP contribution in [0.5, 0.6) is 0 Å². The van der Waals surface area contributed by atoms with Crippen molar-refractivity contribution in [3.8, 4) is 0 Å². The van der Waals surface area contributed by atoms with Crippen molar-refractivity contribution in [2.24, 2.45) is 5.10 Å². The van der Waals surface area contributed by atoms with Gasteiger partial charge in [0.05, 0.1) is 6.42 Å². The van der Waals surface area contributed by atoms with Gasteiger partial charge >= 0.3 is 6.18 Å². The molecule has 0 amide bonds. The molecule has 1 aliphatic rings. The summed E-state index contributed by atoms with van der Waals surface area (Å²) in [6.07, 6.45) is -5.16. The highest BCUT2D eigenvalue weighted by Crippen LogP contribution is 2.33. The van der Waals surface area contributed by atoms with E-state index in [-0.39, 0.29) is 5.56 Å². The predicted molar refractivity (Wildman–Crippen MR) is 56.6 cm³/mol. The second-order valence-corrected chi connectivity index (χ2v) is 4.15. The van der Waals surface area contributed by atoms with E-state index < -0.39 is 24.0 Å². The van der Waals surface area contributed by atoms with Crippen molar-refractivity contribution < 1.29 is 18.3 Å². The van der Waals surface area contributed by atoms with Crippen LogP contribution in [-0.4, -0.2) is 17.0 Å². The van der Waals surface area contributed by atoms with E-state index in [1.54, 1.807) is 0 Å². The van der Waals surface area contributed by atoms with Crippen LogP contribution in [0.1, 0.15) is 12.0 Å². The van der Waals surface area contributed by atoms with Gasteiger partial charge in [-0.3, -0.25) is 5.43 Å². The van der Waals surface area contributed by atoms with Gasteiger partial charge in [-0.25, -0.2) is 0 Å². The Hall–Kier alpha value is -1.27. The van der Waals surface area contributed by atoms with Crippen LogP contribution in [0.4, 0.5) is 13.2 Å². The first kappa shape index (κ1) is 12.2. The Labute approximate surface area is 99.9 Å². The number of benzene rings is 1. The zero-order valence-electron chi connectivity index (χ0n) is 8.42. The molecular formula is C10H8ClF3N2O. The minimum Gasteiger partial charge on any atom is -0.365 e. The van der Waals surface area contributed by atoms with E-state index in [0.29, 0.717) is 5.02 Å². The first-order valence-electron chi connectivity index (χ1n) is 4.71. The Morgan fingerprint density at radius 1 is 1.29 bits per heavy atom. The normalized spacial score (nSPS) is 24.4. The summed E-state index contributed by atoms with van der Waals surface area (Å²) in [6.45, 7) is 0. The summed E-state index contributed by atoms with van der Waals surface area (Å²) >= 11 is 5.65. The number of nitrogens with zero attached hydrogens (tertiary/aromatic N) is 1. The highest BCUT2D eigenvalue weighted by atomic mass is 35.5. The number of hydrazone groups is 1. The third-order valence-corrected chi connectivity index (χ3v) is 2.70. The fourth-order valence-electron chi connectivity index (χ4n) is 1.54. The molecule has 0 spiro atoms. The van der Waals surface area contributed by atoms with Crippen molar-refractivity contribution in [3.63, 3.8) is 0 Å². The van der Waals surface area contributed by atoms with Crippen LogP contribution in [0, 0.1) is 0 Å². The molecule has 0 radical (unpaired) electrons. The van der Waals surface area contributed by atoms with E-state index >= 15 is 0 Å². The molecule has 7 heteroatoms. The molecular weight excluding hydrogens is 257 g/mol. The van der Waals surface area contributed by atoms with Gasteiger partial charge in [0.25, 0.3) is 0 Å². The zero-order chi connectivity index (χ0) is 12.7. The average Bonchev–Trinajstić information content (AvgIpc) is 2.62. The molecule has 2 N–H and O–H groups in total. The Bertz CT molecular complexity index is 458. The van der Waals surface area contributed by atoms with Gasteiger partial charge in [-0.15, -0.1) is 0 Å². The number of hydrogen-bond acceptors (Lipinski definition) is 3. The number of nitrogens with one attached hydrogen (secondary N) is 1. The summed E-state index contributed by atoms with van der Waals surface area (Å²) in [7, 11) is 0. The summed E-state index contributed by atoms with van der Waals surface area (Å²) in [5, 5.41) is 13.6. The molecule has 92 valence electrons. The van der Waals surface area contributed by atoms with Crippen molar-refractivity contribution in [3.05, 3.63) is 34.9 Å². The van der Waals surface area contributed by atoms with E-state index in [1.807, 2.05) is 0 Å². The second-order valence-electron chi connectivity index (χ2n) is 3.71. The molecule has 0 bridgehead atoms. The Morgan fingerprint density at radius 2 is 1.88 bits per heavy atom. The van der Waals surface area contributed by atoms with Crippen molar-refractivity contribution in [2.75, 3.05) is 0 Å². The standard InChI is InChI=1S/C10H8ClF3N2O/c11-7-3-1-6(2-4-7)9(17)5-8(15-16-9)10(12,13)14/h1-4,16-17H,5H2. The molecule has 0 aromatic heterocycles. The van der Waals surface area contributed by atoms with Crippen LogP contribution in [0.3, 0.4) is 0 Å². The molecule has 1 aliphatic heterocycles. The van der Waals surface area contributed by atoms with Gasteiger partial charge < -0.3 is 5.11 Å². The number of hydrogen-bond donors (Lipinski definition) is 2. The van der Waals surface area contributed by atoms with Crippen LogP contribution in [0.2, 0.25) is 5.02 Å². The summed E-state index contributed by atoms with van der Waals surface area (Å²) in [5.41, 5.74) is -0.468. The van der Waals surface area contributed by atoms with Gasteiger partial charge in [-0.2, -0.15) is 18.3 Å². The van der Waals surface area contributed by atoms with Gasteiger partial charge in [-0.05, 0) is 12.1 Å². The third kappa shape index (κ3) is 2.37.